The standard InChI is InChI=1S/C18H17N3O5S/c1-19-18(24)14-4-2-3-5-15(14)20-27(25,26)13-8-6-12(7-9-13)21-16(22)10-11-17(21)23/h2-9,20H,10-11H2,1H3,(H,19,24). The molecule has 3 amide bonds. The van der Waals surface area contributed by atoms with Crippen molar-refractivity contribution in [2.45, 2.75) is 17.7 Å². The molecule has 0 bridgehead atoms. The number of imide groups is 1. The van der Waals surface area contributed by atoms with Crippen molar-refractivity contribution in [2.75, 3.05) is 16.7 Å². The number of para-hydroxylation sites is 1. The highest BCUT2D eigenvalue weighted by atomic mass is 32.2. The monoisotopic (exact) mass is 387 g/mol. The fraction of sp³-hybridized carbons (Fsp3) is 0.167. The van der Waals surface area contributed by atoms with E-state index in [2.05, 4.69) is 10.0 Å². The zero-order valence-electron chi connectivity index (χ0n) is 14.4. The van der Waals surface area contributed by atoms with Crippen LogP contribution in [-0.4, -0.2) is 33.2 Å². The first-order chi connectivity index (χ1) is 12.8. The number of hydrogen-bond acceptors (Lipinski definition) is 5. The Morgan fingerprint density at radius 1 is 0.963 bits per heavy atom. The van der Waals surface area contributed by atoms with E-state index in [9.17, 15) is 22.8 Å². The number of nitrogens with one attached hydrogen (secondary N) is 2. The van der Waals surface area contributed by atoms with Crippen molar-refractivity contribution >= 4 is 39.1 Å². The molecule has 0 aromatic heterocycles. The van der Waals surface area contributed by atoms with E-state index in [0.29, 0.717) is 5.69 Å². The van der Waals surface area contributed by atoms with E-state index in [1.807, 2.05) is 0 Å². The summed E-state index contributed by atoms with van der Waals surface area (Å²) in [6.07, 6.45) is 0.299. The Balaban J connectivity index is 1.87. The SMILES string of the molecule is CNC(=O)c1ccccc1NS(=O)(=O)c1ccc(N2C(=O)CCC2=O)cc1. The minimum atomic E-state index is -3.96. The summed E-state index contributed by atoms with van der Waals surface area (Å²) in [4.78, 5) is 36.4. The van der Waals surface area contributed by atoms with Crippen molar-refractivity contribution in [3.63, 3.8) is 0 Å². The molecule has 27 heavy (non-hydrogen) atoms. The average molecular weight is 387 g/mol. The second kappa shape index (κ2) is 7.20. The third kappa shape index (κ3) is 3.68. The van der Waals surface area contributed by atoms with Crippen LogP contribution in [-0.2, 0) is 19.6 Å². The fourth-order valence-electron chi connectivity index (χ4n) is 2.75. The Labute approximate surface area is 156 Å². The van der Waals surface area contributed by atoms with Gasteiger partial charge in [0.15, 0.2) is 0 Å². The normalized spacial score (nSPS) is 14.3. The summed E-state index contributed by atoms with van der Waals surface area (Å²) in [5.41, 5.74) is 0.659. The number of carbonyl (C=O) groups is 3. The lowest BCUT2D eigenvalue weighted by Crippen LogP contribution is -2.28. The Hall–Kier alpha value is -3.20. The highest BCUT2D eigenvalue weighted by molar-refractivity contribution is 7.92. The van der Waals surface area contributed by atoms with Crippen molar-refractivity contribution in [2.24, 2.45) is 0 Å². The predicted octanol–water partition coefficient (Wildman–Crippen LogP) is 1.50. The van der Waals surface area contributed by atoms with Gasteiger partial charge in [-0.05, 0) is 36.4 Å². The molecule has 1 fully saturated rings. The molecule has 2 aromatic carbocycles. The Morgan fingerprint density at radius 3 is 2.15 bits per heavy atom. The van der Waals surface area contributed by atoms with E-state index >= 15 is 0 Å². The summed E-state index contributed by atoms with van der Waals surface area (Å²) in [5, 5.41) is 2.45. The van der Waals surface area contributed by atoms with Crippen LogP contribution in [0.4, 0.5) is 11.4 Å². The second-order valence-corrected chi connectivity index (χ2v) is 7.53. The van der Waals surface area contributed by atoms with Gasteiger partial charge < -0.3 is 5.32 Å². The van der Waals surface area contributed by atoms with Crippen LogP contribution in [0.1, 0.15) is 23.2 Å². The molecule has 0 spiro atoms. The summed E-state index contributed by atoms with van der Waals surface area (Å²) >= 11 is 0. The number of hydrogen-bond donors (Lipinski definition) is 2. The van der Waals surface area contributed by atoms with Crippen LogP contribution in [0.15, 0.2) is 53.4 Å². The zero-order valence-corrected chi connectivity index (χ0v) is 15.2. The summed E-state index contributed by atoms with van der Waals surface area (Å²) < 4.78 is 27.7. The van der Waals surface area contributed by atoms with Crippen LogP contribution < -0.4 is 14.9 Å². The molecule has 0 radical (unpaired) electrons. The van der Waals surface area contributed by atoms with Crippen LogP contribution in [0.2, 0.25) is 0 Å². The molecule has 0 unspecified atom stereocenters. The number of nitrogens with zero attached hydrogens (tertiary/aromatic N) is 1. The summed E-state index contributed by atoms with van der Waals surface area (Å²) in [7, 11) is -2.51. The molecular weight excluding hydrogens is 370 g/mol. The number of sulfonamides is 1. The molecule has 0 aliphatic carbocycles. The number of benzene rings is 2. The lowest BCUT2D eigenvalue weighted by atomic mass is 10.2. The number of anilines is 2. The van der Waals surface area contributed by atoms with Crippen LogP contribution in [0, 0.1) is 0 Å². The van der Waals surface area contributed by atoms with Gasteiger partial charge in [-0.3, -0.25) is 24.0 Å². The zero-order chi connectivity index (χ0) is 19.6. The van der Waals surface area contributed by atoms with Gasteiger partial charge in [0, 0.05) is 19.9 Å². The molecule has 8 nitrogen and oxygen atoms in total. The van der Waals surface area contributed by atoms with Crippen LogP contribution >= 0.6 is 0 Å². The highest BCUT2D eigenvalue weighted by Gasteiger charge is 2.30. The predicted molar refractivity (Wildman–Crippen MR) is 98.8 cm³/mol. The molecule has 1 heterocycles. The van der Waals surface area contributed by atoms with E-state index in [0.717, 1.165) is 4.90 Å². The maximum absolute atomic E-state index is 12.6. The van der Waals surface area contributed by atoms with Gasteiger partial charge in [0.25, 0.3) is 15.9 Å². The molecule has 9 heteroatoms. The van der Waals surface area contributed by atoms with E-state index in [1.54, 1.807) is 12.1 Å². The Kier molecular flexibility index (Phi) is 4.95. The Bertz CT molecular complexity index is 1000. The molecule has 1 aliphatic rings. The van der Waals surface area contributed by atoms with Crippen LogP contribution in [0.5, 0.6) is 0 Å². The minimum Gasteiger partial charge on any atom is -0.355 e. The van der Waals surface area contributed by atoms with Crippen molar-refractivity contribution in [1.82, 2.24) is 5.32 Å². The largest absolute Gasteiger partial charge is 0.355 e. The molecule has 1 aliphatic heterocycles. The fourth-order valence-corrected chi connectivity index (χ4v) is 3.83. The third-order valence-electron chi connectivity index (χ3n) is 4.10. The molecular formula is C18H17N3O5S. The molecule has 2 aromatic rings. The van der Waals surface area contributed by atoms with Gasteiger partial charge in [-0.15, -0.1) is 0 Å². The maximum atomic E-state index is 12.6. The van der Waals surface area contributed by atoms with E-state index in [1.165, 1.54) is 43.4 Å². The first-order valence-electron chi connectivity index (χ1n) is 8.13. The third-order valence-corrected chi connectivity index (χ3v) is 5.48. The molecule has 0 saturated carbocycles. The van der Waals surface area contributed by atoms with Gasteiger partial charge in [-0.1, -0.05) is 12.1 Å². The molecule has 1 saturated heterocycles. The molecule has 0 atom stereocenters. The van der Waals surface area contributed by atoms with Gasteiger partial charge in [0.2, 0.25) is 11.8 Å². The van der Waals surface area contributed by atoms with Crippen LogP contribution in [0.3, 0.4) is 0 Å². The van der Waals surface area contributed by atoms with Gasteiger partial charge in [-0.2, -0.15) is 0 Å². The molecule has 140 valence electrons. The lowest BCUT2D eigenvalue weighted by Gasteiger charge is -2.15. The van der Waals surface area contributed by atoms with Crippen molar-refractivity contribution in [3.05, 3.63) is 54.1 Å². The number of carbonyl (C=O) groups excluding carboxylic acids is 3. The van der Waals surface area contributed by atoms with Crippen molar-refractivity contribution < 1.29 is 22.8 Å². The van der Waals surface area contributed by atoms with Crippen molar-refractivity contribution in [3.8, 4) is 0 Å². The van der Waals surface area contributed by atoms with Gasteiger partial charge >= 0.3 is 0 Å². The van der Waals surface area contributed by atoms with Gasteiger partial charge in [0.05, 0.1) is 21.8 Å². The first kappa shape index (κ1) is 18.6. The highest BCUT2D eigenvalue weighted by Crippen LogP contribution is 2.25. The molecule has 2 N–H and O–H groups in total. The number of amides is 3. The van der Waals surface area contributed by atoms with E-state index in [-0.39, 0.29) is 40.8 Å². The topological polar surface area (TPSA) is 113 Å². The van der Waals surface area contributed by atoms with Gasteiger partial charge in [0.1, 0.15) is 0 Å². The van der Waals surface area contributed by atoms with E-state index < -0.39 is 15.9 Å². The maximum Gasteiger partial charge on any atom is 0.261 e. The summed E-state index contributed by atoms with van der Waals surface area (Å²) in [6, 6.07) is 11.6. The summed E-state index contributed by atoms with van der Waals surface area (Å²) in [6.45, 7) is 0. The van der Waals surface area contributed by atoms with E-state index in [4.69, 9.17) is 0 Å². The quantitative estimate of drug-likeness (QED) is 0.755. The second-order valence-electron chi connectivity index (χ2n) is 5.85. The van der Waals surface area contributed by atoms with Crippen molar-refractivity contribution in [1.29, 1.82) is 0 Å². The lowest BCUT2D eigenvalue weighted by molar-refractivity contribution is -0.121. The summed E-state index contributed by atoms with van der Waals surface area (Å²) in [5.74, 6) is -1.05. The minimum absolute atomic E-state index is 0.0583. The Morgan fingerprint density at radius 2 is 1.56 bits per heavy atom. The first-order valence-corrected chi connectivity index (χ1v) is 9.61. The molecule has 3 rings (SSSR count). The van der Waals surface area contributed by atoms with Crippen LogP contribution in [0.25, 0.3) is 0 Å². The number of rotatable bonds is 5. The average Bonchev–Trinajstić information content (AvgIpc) is 2.99. The van der Waals surface area contributed by atoms with Gasteiger partial charge in [-0.25, -0.2) is 8.42 Å². The smallest absolute Gasteiger partial charge is 0.261 e.